The zero-order chi connectivity index (χ0) is 19.7. The van der Waals surface area contributed by atoms with E-state index in [1.165, 1.54) is 29.8 Å². The predicted octanol–water partition coefficient (Wildman–Crippen LogP) is 3.84. The van der Waals surface area contributed by atoms with Gasteiger partial charge < -0.3 is 14.8 Å². The zero-order valence-electron chi connectivity index (χ0n) is 17.2. The van der Waals surface area contributed by atoms with Gasteiger partial charge >= 0.3 is 0 Å². The van der Waals surface area contributed by atoms with E-state index in [1.807, 2.05) is 0 Å². The molecule has 152 valence electrons. The summed E-state index contributed by atoms with van der Waals surface area (Å²) in [6.07, 6.45) is 5.63. The van der Waals surface area contributed by atoms with Gasteiger partial charge in [0.15, 0.2) is 0 Å². The van der Waals surface area contributed by atoms with Crippen molar-refractivity contribution in [3.63, 3.8) is 0 Å². The number of hydrogen-bond acceptors (Lipinski definition) is 3. The number of benzene rings is 2. The first kappa shape index (κ1) is 19.7. The Balaban J connectivity index is 1.10. The Labute approximate surface area is 174 Å². The Bertz CT molecular complexity index is 836. The average molecular weight is 389 g/mol. The lowest BCUT2D eigenvalue weighted by Crippen LogP contribution is -2.46. The van der Waals surface area contributed by atoms with Gasteiger partial charge in [0, 0.05) is 57.3 Å². The van der Waals surface area contributed by atoms with Crippen molar-refractivity contribution in [2.24, 2.45) is 0 Å². The molecule has 1 N–H and O–H groups in total. The van der Waals surface area contributed by atoms with Crippen molar-refractivity contribution in [1.82, 2.24) is 14.8 Å². The van der Waals surface area contributed by atoms with Crippen LogP contribution in [0.5, 0.6) is 0 Å². The second kappa shape index (κ2) is 10.3. The third-order valence-electron chi connectivity index (χ3n) is 5.67. The molecule has 1 saturated heterocycles. The summed E-state index contributed by atoms with van der Waals surface area (Å²) < 4.78 is 2.26. The molecule has 2 aromatic carbocycles. The van der Waals surface area contributed by atoms with Crippen LogP contribution in [0.2, 0.25) is 0 Å². The normalized spacial score (nSPS) is 15.0. The van der Waals surface area contributed by atoms with Crippen molar-refractivity contribution in [3.05, 3.63) is 90.3 Å². The highest BCUT2D eigenvalue weighted by Crippen LogP contribution is 2.15. The van der Waals surface area contributed by atoms with Crippen molar-refractivity contribution in [1.29, 1.82) is 0 Å². The van der Waals surface area contributed by atoms with E-state index in [9.17, 15) is 0 Å². The Kier molecular flexibility index (Phi) is 7.00. The van der Waals surface area contributed by atoms with Crippen molar-refractivity contribution in [3.8, 4) is 0 Å². The highest BCUT2D eigenvalue weighted by molar-refractivity contribution is 5.46. The van der Waals surface area contributed by atoms with E-state index >= 15 is 0 Å². The van der Waals surface area contributed by atoms with Crippen molar-refractivity contribution in [2.75, 3.05) is 44.2 Å². The van der Waals surface area contributed by atoms with Crippen LogP contribution in [-0.2, 0) is 13.1 Å². The van der Waals surface area contributed by atoms with E-state index in [0.29, 0.717) is 0 Å². The molecule has 0 spiro atoms. The van der Waals surface area contributed by atoms with Gasteiger partial charge in [-0.15, -0.1) is 0 Å². The summed E-state index contributed by atoms with van der Waals surface area (Å²) in [5.74, 6) is 0. The molecule has 4 rings (SSSR count). The third-order valence-corrected chi connectivity index (χ3v) is 5.67. The van der Waals surface area contributed by atoms with Gasteiger partial charge in [-0.2, -0.15) is 0 Å². The molecule has 3 aromatic rings. The van der Waals surface area contributed by atoms with Gasteiger partial charge in [0.05, 0.1) is 0 Å². The van der Waals surface area contributed by atoms with Gasteiger partial charge in [0.25, 0.3) is 0 Å². The monoisotopic (exact) mass is 388 g/mol. The Morgan fingerprint density at radius 2 is 1.48 bits per heavy atom. The minimum atomic E-state index is 0.940. The number of nitrogens with one attached hydrogen (secondary N) is 1. The fourth-order valence-corrected chi connectivity index (χ4v) is 4.02. The van der Waals surface area contributed by atoms with Gasteiger partial charge in [-0.05, 0) is 48.8 Å². The molecule has 1 fully saturated rings. The van der Waals surface area contributed by atoms with Crippen LogP contribution in [0.25, 0.3) is 0 Å². The van der Waals surface area contributed by atoms with Gasteiger partial charge in [0.1, 0.15) is 0 Å². The van der Waals surface area contributed by atoms with E-state index in [1.54, 1.807) is 0 Å². The second-order valence-electron chi connectivity index (χ2n) is 7.87. The smallest absolute Gasteiger partial charge is 0.0470 e. The maximum atomic E-state index is 3.60. The molecule has 0 radical (unpaired) electrons. The molecule has 1 aliphatic rings. The summed E-state index contributed by atoms with van der Waals surface area (Å²) in [6.45, 7) is 8.74. The molecule has 0 amide bonds. The number of hydrogen-bond donors (Lipinski definition) is 1. The van der Waals surface area contributed by atoms with Gasteiger partial charge in [-0.3, -0.25) is 4.90 Å². The van der Waals surface area contributed by atoms with Crippen molar-refractivity contribution < 1.29 is 0 Å². The van der Waals surface area contributed by atoms with Crippen LogP contribution in [0.1, 0.15) is 17.5 Å². The fraction of sp³-hybridized carbons (Fsp3) is 0.360. The number of rotatable bonds is 9. The molecule has 1 aromatic heterocycles. The summed E-state index contributed by atoms with van der Waals surface area (Å²) in [4.78, 5) is 5.09. The first-order chi connectivity index (χ1) is 14.4. The zero-order valence-corrected chi connectivity index (χ0v) is 17.2. The highest BCUT2D eigenvalue weighted by Gasteiger charge is 2.16. The van der Waals surface area contributed by atoms with Gasteiger partial charge in [0.2, 0.25) is 0 Å². The highest BCUT2D eigenvalue weighted by atomic mass is 15.3. The Morgan fingerprint density at radius 3 is 2.24 bits per heavy atom. The van der Waals surface area contributed by atoms with Crippen LogP contribution in [0, 0.1) is 0 Å². The molecule has 0 unspecified atom stereocenters. The van der Waals surface area contributed by atoms with Crippen LogP contribution < -0.4 is 10.2 Å². The Morgan fingerprint density at radius 1 is 0.759 bits per heavy atom. The Hall–Kier alpha value is -2.56. The minimum absolute atomic E-state index is 0.940. The number of nitrogens with zero attached hydrogens (tertiary/aromatic N) is 3. The minimum Gasteiger partial charge on any atom is -0.369 e. The van der Waals surface area contributed by atoms with Gasteiger partial charge in [-0.1, -0.05) is 48.5 Å². The van der Waals surface area contributed by atoms with E-state index in [0.717, 1.165) is 45.8 Å². The lowest BCUT2D eigenvalue weighted by Gasteiger charge is -2.36. The topological polar surface area (TPSA) is 23.4 Å². The molecule has 0 atom stereocenters. The summed E-state index contributed by atoms with van der Waals surface area (Å²) in [5.41, 5.74) is 4.06. The lowest BCUT2D eigenvalue weighted by atomic mass is 10.2. The molecule has 2 heterocycles. The first-order valence-electron chi connectivity index (χ1n) is 10.8. The summed E-state index contributed by atoms with van der Waals surface area (Å²) in [6, 6.07) is 23.6. The van der Waals surface area contributed by atoms with Crippen LogP contribution in [0.4, 0.5) is 5.69 Å². The number of aromatic nitrogens is 1. The quantitative estimate of drug-likeness (QED) is 0.564. The largest absolute Gasteiger partial charge is 0.369 e. The summed E-state index contributed by atoms with van der Waals surface area (Å²) in [7, 11) is 0. The molecular formula is C25H32N4. The number of piperazine rings is 1. The van der Waals surface area contributed by atoms with E-state index in [-0.39, 0.29) is 0 Å². The number of para-hydroxylation sites is 1. The van der Waals surface area contributed by atoms with Crippen LogP contribution >= 0.6 is 0 Å². The van der Waals surface area contributed by atoms with Gasteiger partial charge in [-0.25, -0.2) is 0 Å². The van der Waals surface area contributed by atoms with E-state index < -0.39 is 0 Å². The molecular weight excluding hydrogens is 356 g/mol. The van der Waals surface area contributed by atoms with E-state index in [4.69, 9.17) is 0 Å². The average Bonchev–Trinajstić information content (AvgIpc) is 3.22. The van der Waals surface area contributed by atoms with Crippen LogP contribution in [-0.4, -0.2) is 48.7 Å². The van der Waals surface area contributed by atoms with Crippen LogP contribution in [0.3, 0.4) is 0 Å². The standard InChI is InChI=1S/C25H32N4/c1-3-8-23(9-4-1)21-28-15-12-24(22-28)20-26-13-7-14-27-16-18-29(19-17-27)25-10-5-2-6-11-25/h1-6,8-12,15,22,26H,7,13-14,16-21H2. The second-order valence-corrected chi connectivity index (χ2v) is 7.87. The fourth-order valence-electron chi connectivity index (χ4n) is 4.02. The van der Waals surface area contributed by atoms with E-state index in [2.05, 4.69) is 98.8 Å². The molecule has 29 heavy (non-hydrogen) atoms. The molecule has 0 saturated carbocycles. The van der Waals surface area contributed by atoms with Crippen molar-refractivity contribution >= 4 is 5.69 Å². The summed E-state index contributed by atoms with van der Waals surface area (Å²) in [5, 5.41) is 3.60. The molecule has 1 aliphatic heterocycles. The molecule has 0 bridgehead atoms. The van der Waals surface area contributed by atoms with Crippen LogP contribution in [0.15, 0.2) is 79.1 Å². The first-order valence-corrected chi connectivity index (χ1v) is 10.8. The SMILES string of the molecule is c1ccc(Cn2ccc(CNCCCN3CCN(c4ccccc4)CC3)c2)cc1. The predicted molar refractivity (Wildman–Crippen MR) is 121 cm³/mol. The summed E-state index contributed by atoms with van der Waals surface area (Å²) >= 11 is 0. The maximum Gasteiger partial charge on any atom is 0.0470 e. The third kappa shape index (κ3) is 5.96. The molecule has 4 heteroatoms. The van der Waals surface area contributed by atoms with Crippen molar-refractivity contribution in [2.45, 2.75) is 19.5 Å². The maximum absolute atomic E-state index is 3.60. The molecule has 0 aliphatic carbocycles. The lowest BCUT2D eigenvalue weighted by molar-refractivity contribution is 0.254. The molecule has 4 nitrogen and oxygen atoms in total. The number of anilines is 1.